The summed E-state index contributed by atoms with van der Waals surface area (Å²) >= 11 is 0. The second kappa shape index (κ2) is 7.58. The molecule has 154 valence electrons. The zero-order valence-electron chi connectivity index (χ0n) is 16.1. The number of carbonyl (C=O) groups is 4. The van der Waals surface area contributed by atoms with Gasteiger partial charge in [0, 0.05) is 37.0 Å². The summed E-state index contributed by atoms with van der Waals surface area (Å²) in [6.45, 7) is 0.220. The summed E-state index contributed by atoms with van der Waals surface area (Å²) in [5, 5.41) is 5.01. The number of carbonyl (C=O) groups excluding carboxylic acids is 4. The monoisotopic (exact) mass is 410 g/mol. The highest BCUT2D eigenvalue weighted by molar-refractivity contribution is 6.06. The Morgan fingerprint density at radius 2 is 1.90 bits per heavy atom. The summed E-state index contributed by atoms with van der Waals surface area (Å²) in [6, 6.07) is 9.32. The molecule has 5 amide bonds. The van der Waals surface area contributed by atoms with E-state index in [-0.39, 0.29) is 31.2 Å². The Morgan fingerprint density at radius 1 is 1.17 bits per heavy atom. The van der Waals surface area contributed by atoms with Crippen molar-refractivity contribution in [3.8, 4) is 0 Å². The number of hydrogen-bond acceptors (Lipinski definition) is 4. The van der Waals surface area contributed by atoms with E-state index in [1.807, 2.05) is 0 Å². The molecule has 8 nitrogen and oxygen atoms in total. The van der Waals surface area contributed by atoms with Crippen LogP contribution < -0.4 is 15.5 Å². The largest absolute Gasteiger partial charge is 0.326 e. The third kappa shape index (κ3) is 3.61. The molecule has 4 rings (SSSR count). The summed E-state index contributed by atoms with van der Waals surface area (Å²) in [7, 11) is 1.56. The predicted octanol–water partition coefficient (Wildman–Crippen LogP) is 2.25. The normalized spacial score (nSPS) is 18.1. The zero-order valence-corrected chi connectivity index (χ0v) is 16.1. The number of piperidine rings is 1. The Balaban J connectivity index is 1.47. The summed E-state index contributed by atoms with van der Waals surface area (Å²) in [5.41, 5.74) is 2.16. The fourth-order valence-corrected chi connectivity index (χ4v) is 3.64. The minimum Gasteiger partial charge on any atom is -0.322 e. The molecule has 30 heavy (non-hydrogen) atoms. The van der Waals surface area contributed by atoms with Crippen molar-refractivity contribution in [1.29, 1.82) is 0 Å². The summed E-state index contributed by atoms with van der Waals surface area (Å²) in [6.07, 6.45) is 0.476. The van der Waals surface area contributed by atoms with Crippen molar-refractivity contribution >= 4 is 35.1 Å². The van der Waals surface area contributed by atoms with E-state index >= 15 is 0 Å². The maximum atomic E-state index is 13.1. The molecule has 0 saturated carbocycles. The number of halogens is 1. The molecule has 2 aliphatic rings. The van der Waals surface area contributed by atoms with Crippen LogP contribution in [0.5, 0.6) is 0 Å². The highest BCUT2D eigenvalue weighted by Gasteiger charge is 2.39. The fraction of sp³-hybridized carbons (Fsp3) is 0.238. The SMILES string of the molecule is CN(C(=O)Nc1ccc2c(c1)CN(C1CCC(=O)NC1=O)C2=O)c1ccc(F)cc1. The van der Waals surface area contributed by atoms with E-state index in [0.717, 1.165) is 0 Å². The molecule has 0 spiro atoms. The van der Waals surface area contributed by atoms with Gasteiger partial charge < -0.3 is 10.2 Å². The molecule has 2 aromatic rings. The second-order valence-electron chi connectivity index (χ2n) is 7.24. The van der Waals surface area contributed by atoms with E-state index in [0.29, 0.717) is 22.5 Å². The van der Waals surface area contributed by atoms with Gasteiger partial charge in [-0.2, -0.15) is 0 Å². The van der Waals surface area contributed by atoms with Gasteiger partial charge in [-0.1, -0.05) is 0 Å². The number of nitrogens with zero attached hydrogens (tertiary/aromatic N) is 2. The van der Waals surface area contributed by atoms with Crippen molar-refractivity contribution in [3.63, 3.8) is 0 Å². The topological polar surface area (TPSA) is 98.8 Å². The molecule has 1 saturated heterocycles. The van der Waals surface area contributed by atoms with Gasteiger partial charge >= 0.3 is 6.03 Å². The van der Waals surface area contributed by atoms with Crippen LogP contribution in [0.25, 0.3) is 0 Å². The van der Waals surface area contributed by atoms with Gasteiger partial charge in [0.25, 0.3) is 5.91 Å². The van der Waals surface area contributed by atoms with E-state index in [4.69, 9.17) is 0 Å². The lowest BCUT2D eigenvalue weighted by molar-refractivity contribution is -0.136. The minimum absolute atomic E-state index is 0.188. The third-order valence-electron chi connectivity index (χ3n) is 5.29. The van der Waals surface area contributed by atoms with Crippen LogP contribution in [0.2, 0.25) is 0 Å². The van der Waals surface area contributed by atoms with Crippen molar-refractivity contribution < 1.29 is 23.6 Å². The number of benzene rings is 2. The predicted molar refractivity (Wildman–Crippen MR) is 106 cm³/mol. The first-order chi connectivity index (χ1) is 14.3. The maximum Gasteiger partial charge on any atom is 0.326 e. The lowest BCUT2D eigenvalue weighted by Gasteiger charge is -2.29. The van der Waals surface area contributed by atoms with Crippen LogP contribution in [0.3, 0.4) is 0 Å². The molecular formula is C21H19FN4O4. The first-order valence-corrected chi connectivity index (χ1v) is 9.41. The number of fused-ring (bicyclic) bond motifs is 1. The van der Waals surface area contributed by atoms with Crippen molar-refractivity contribution in [2.45, 2.75) is 25.4 Å². The van der Waals surface area contributed by atoms with Crippen molar-refractivity contribution in [2.24, 2.45) is 0 Å². The van der Waals surface area contributed by atoms with Gasteiger partial charge in [0.2, 0.25) is 11.8 Å². The Kier molecular flexibility index (Phi) is 4.94. The summed E-state index contributed by atoms with van der Waals surface area (Å²) < 4.78 is 13.1. The van der Waals surface area contributed by atoms with Gasteiger partial charge in [0.1, 0.15) is 11.9 Å². The number of anilines is 2. The molecule has 2 aliphatic heterocycles. The Morgan fingerprint density at radius 3 is 2.60 bits per heavy atom. The number of urea groups is 1. The van der Waals surface area contributed by atoms with Gasteiger partial charge in [0.15, 0.2) is 0 Å². The number of hydrogen-bond donors (Lipinski definition) is 2. The average molecular weight is 410 g/mol. The van der Waals surface area contributed by atoms with E-state index < -0.39 is 23.8 Å². The van der Waals surface area contributed by atoms with Crippen LogP contribution >= 0.6 is 0 Å². The highest BCUT2D eigenvalue weighted by atomic mass is 19.1. The average Bonchev–Trinajstić information content (AvgIpc) is 3.03. The van der Waals surface area contributed by atoms with Crippen molar-refractivity contribution in [1.82, 2.24) is 10.2 Å². The number of amides is 5. The smallest absolute Gasteiger partial charge is 0.322 e. The fourth-order valence-electron chi connectivity index (χ4n) is 3.64. The first-order valence-electron chi connectivity index (χ1n) is 9.41. The molecule has 9 heteroatoms. The lowest BCUT2D eigenvalue weighted by Crippen LogP contribution is -2.52. The van der Waals surface area contributed by atoms with Gasteiger partial charge in [-0.05, 0) is 54.4 Å². The van der Waals surface area contributed by atoms with Crippen LogP contribution in [0.4, 0.5) is 20.6 Å². The molecule has 1 fully saturated rings. The summed E-state index contributed by atoms with van der Waals surface area (Å²) in [4.78, 5) is 51.5. The Hall–Kier alpha value is -3.75. The number of nitrogens with one attached hydrogen (secondary N) is 2. The summed E-state index contributed by atoms with van der Waals surface area (Å²) in [5.74, 6) is -1.48. The van der Waals surface area contributed by atoms with E-state index in [9.17, 15) is 23.6 Å². The molecule has 2 N–H and O–H groups in total. The van der Waals surface area contributed by atoms with E-state index in [1.165, 1.54) is 34.1 Å². The van der Waals surface area contributed by atoms with Gasteiger partial charge in [0.05, 0.1) is 0 Å². The molecule has 2 heterocycles. The quantitative estimate of drug-likeness (QED) is 0.759. The highest BCUT2D eigenvalue weighted by Crippen LogP contribution is 2.29. The Bertz CT molecular complexity index is 1050. The maximum absolute atomic E-state index is 13.1. The number of imide groups is 1. The first kappa shape index (κ1) is 19.6. The lowest BCUT2D eigenvalue weighted by atomic mass is 10.0. The molecule has 1 unspecified atom stereocenters. The van der Waals surface area contributed by atoms with Gasteiger partial charge in [-0.3, -0.25) is 24.6 Å². The standard InChI is InChI=1S/C21H19FN4O4/c1-25(15-5-2-13(22)3-6-15)21(30)23-14-4-7-16-12(10-14)11-26(20(16)29)17-8-9-18(27)24-19(17)28/h2-7,10,17H,8-9,11H2,1H3,(H,23,30)(H,24,27,28). The third-order valence-corrected chi connectivity index (χ3v) is 5.29. The van der Waals surface area contributed by atoms with Crippen LogP contribution in [0, 0.1) is 5.82 Å². The minimum atomic E-state index is -0.690. The molecule has 0 radical (unpaired) electrons. The van der Waals surface area contributed by atoms with E-state index in [1.54, 1.807) is 25.2 Å². The Labute approximate surface area is 171 Å². The van der Waals surface area contributed by atoms with Crippen LogP contribution in [0.1, 0.15) is 28.8 Å². The van der Waals surface area contributed by atoms with Gasteiger partial charge in [-0.25, -0.2) is 9.18 Å². The second-order valence-corrected chi connectivity index (χ2v) is 7.24. The van der Waals surface area contributed by atoms with Crippen LogP contribution in [-0.2, 0) is 16.1 Å². The van der Waals surface area contributed by atoms with E-state index in [2.05, 4.69) is 10.6 Å². The number of rotatable bonds is 3. The molecule has 2 aromatic carbocycles. The van der Waals surface area contributed by atoms with Crippen molar-refractivity contribution in [3.05, 3.63) is 59.4 Å². The van der Waals surface area contributed by atoms with Crippen molar-refractivity contribution in [2.75, 3.05) is 17.3 Å². The molecule has 1 atom stereocenters. The molecule has 0 aliphatic carbocycles. The molecular weight excluding hydrogens is 391 g/mol. The zero-order chi connectivity index (χ0) is 21.4. The van der Waals surface area contributed by atoms with Crippen LogP contribution in [-0.4, -0.2) is 41.7 Å². The molecule has 0 bridgehead atoms. The van der Waals surface area contributed by atoms with Crippen LogP contribution in [0.15, 0.2) is 42.5 Å². The molecule has 0 aromatic heterocycles. The van der Waals surface area contributed by atoms with Gasteiger partial charge in [-0.15, -0.1) is 0 Å².